The van der Waals surface area contributed by atoms with E-state index in [9.17, 15) is 12.8 Å². The highest BCUT2D eigenvalue weighted by Gasteiger charge is 2.42. The Labute approximate surface area is 121 Å². The minimum atomic E-state index is -3.19. The molecule has 3 nitrogen and oxygen atoms in total. The van der Waals surface area contributed by atoms with Crippen LogP contribution in [0.25, 0.3) is 0 Å². The van der Waals surface area contributed by atoms with Gasteiger partial charge in [-0.15, -0.1) is 0 Å². The Balaban J connectivity index is 2.14. The van der Waals surface area contributed by atoms with E-state index in [2.05, 4.69) is 17.8 Å². The predicted molar refractivity (Wildman–Crippen MR) is 82.6 cm³/mol. The predicted octanol–water partition coefficient (Wildman–Crippen LogP) is 2.80. The maximum Gasteiger partial charge on any atom is 0.208 e. The van der Waals surface area contributed by atoms with E-state index in [1.165, 1.54) is 30.5 Å². The minimum Gasteiger partial charge on any atom is -0.215 e. The topological polar surface area (TPSA) is 46.2 Å². The summed E-state index contributed by atoms with van der Waals surface area (Å²) in [5.41, 5.74) is 1.03. The van der Waals surface area contributed by atoms with Crippen LogP contribution in [0.15, 0.2) is 24.3 Å². The van der Waals surface area contributed by atoms with Gasteiger partial charge in [0.05, 0.1) is 6.26 Å². The van der Waals surface area contributed by atoms with Crippen LogP contribution in [0.4, 0.5) is 4.39 Å². The Kier molecular flexibility index (Phi) is 4.37. The van der Waals surface area contributed by atoms with Gasteiger partial charge in [0.15, 0.2) is 0 Å². The quantitative estimate of drug-likeness (QED) is 0.849. The summed E-state index contributed by atoms with van der Waals surface area (Å²) >= 11 is 0. The average molecular weight is 315 g/mol. The van der Waals surface area contributed by atoms with Crippen molar-refractivity contribution in [3.05, 3.63) is 35.6 Å². The lowest BCUT2D eigenvalue weighted by Crippen LogP contribution is -2.46. The highest BCUT2D eigenvalue weighted by atomic mass is 32.2. The molecule has 0 spiro atoms. The van der Waals surface area contributed by atoms with Gasteiger partial charge < -0.3 is 0 Å². The summed E-state index contributed by atoms with van der Waals surface area (Å²) in [6.07, 6.45) is 1.17. The zero-order valence-corrected chi connectivity index (χ0v) is 14.0. The maximum atomic E-state index is 13.0. The van der Waals surface area contributed by atoms with Crippen LogP contribution < -0.4 is 4.72 Å². The molecule has 1 N–H and O–H groups in total. The second kappa shape index (κ2) is 5.58. The van der Waals surface area contributed by atoms with Gasteiger partial charge in [0.25, 0.3) is 0 Å². The van der Waals surface area contributed by atoms with Crippen LogP contribution in [0.5, 0.6) is 0 Å². The van der Waals surface area contributed by atoms with Crippen LogP contribution in [0.1, 0.15) is 11.5 Å². The molecule has 0 unspecified atom stereocenters. The third-order valence-corrected chi connectivity index (χ3v) is 8.01. The monoisotopic (exact) mass is 315 g/mol. The van der Waals surface area contributed by atoms with Crippen molar-refractivity contribution in [2.45, 2.75) is 31.1 Å². The molecule has 0 aromatic heterocycles. The standard InChI is InChI=1S/C14H22FNO2SSi/c1-19(17,18)16-8-14(12-9-20(2,3)10-12)11-4-6-13(15)7-5-11/h4-7,12,14,16H,8-10H2,1-3H3/t14-/m1/s1. The lowest BCUT2D eigenvalue weighted by molar-refractivity contribution is 0.442. The fourth-order valence-corrected chi connectivity index (χ4v) is 6.92. The van der Waals surface area contributed by atoms with Crippen LogP contribution in [0, 0.1) is 11.7 Å². The van der Waals surface area contributed by atoms with Gasteiger partial charge in [-0.1, -0.05) is 37.3 Å². The summed E-state index contributed by atoms with van der Waals surface area (Å²) in [6.45, 7) is 5.12. The van der Waals surface area contributed by atoms with Gasteiger partial charge in [0.1, 0.15) is 5.82 Å². The van der Waals surface area contributed by atoms with Crippen molar-refractivity contribution in [2.24, 2.45) is 5.92 Å². The summed E-state index contributed by atoms with van der Waals surface area (Å²) in [5, 5.41) is 0. The molecule has 2 rings (SSSR count). The van der Waals surface area contributed by atoms with Crippen molar-refractivity contribution in [1.29, 1.82) is 0 Å². The minimum absolute atomic E-state index is 0.144. The summed E-state index contributed by atoms with van der Waals surface area (Å²) in [6, 6.07) is 8.86. The summed E-state index contributed by atoms with van der Waals surface area (Å²) in [7, 11) is -4.24. The zero-order valence-electron chi connectivity index (χ0n) is 12.2. The number of benzene rings is 1. The molecule has 0 aliphatic carbocycles. The average Bonchev–Trinajstić information content (AvgIpc) is 2.27. The molecule has 1 aromatic rings. The van der Waals surface area contributed by atoms with Crippen LogP contribution in [-0.4, -0.2) is 29.3 Å². The van der Waals surface area contributed by atoms with Crippen LogP contribution in [0.2, 0.25) is 25.2 Å². The number of halogens is 1. The first kappa shape index (κ1) is 15.7. The number of nitrogens with one attached hydrogen (secondary N) is 1. The largest absolute Gasteiger partial charge is 0.215 e. The summed E-state index contributed by atoms with van der Waals surface area (Å²) in [4.78, 5) is 0. The number of rotatable bonds is 5. The molecule has 1 aliphatic rings. The third-order valence-electron chi connectivity index (χ3n) is 4.06. The smallest absolute Gasteiger partial charge is 0.208 e. The molecule has 6 heteroatoms. The van der Waals surface area contributed by atoms with Gasteiger partial charge in [-0.05, 0) is 29.5 Å². The first-order valence-electron chi connectivity index (χ1n) is 6.86. The summed E-state index contributed by atoms with van der Waals surface area (Å²) < 4.78 is 38.3. The Hall–Kier alpha value is -0.723. The first-order valence-corrected chi connectivity index (χ1v) is 12.2. The van der Waals surface area contributed by atoms with Crippen molar-refractivity contribution in [2.75, 3.05) is 12.8 Å². The molecule has 0 bridgehead atoms. The Morgan fingerprint density at radius 2 is 1.85 bits per heavy atom. The van der Waals surface area contributed by atoms with Crippen molar-refractivity contribution in [3.8, 4) is 0 Å². The van der Waals surface area contributed by atoms with Gasteiger partial charge in [0, 0.05) is 14.6 Å². The normalized spacial score (nSPS) is 20.4. The van der Waals surface area contributed by atoms with Gasteiger partial charge >= 0.3 is 0 Å². The molecule has 1 fully saturated rings. The molecule has 1 saturated heterocycles. The molecule has 112 valence electrons. The fourth-order valence-electron chi connectivity index (χ4n) is 3.15. The molecular formula is C14H22FNO2SSi. The second-order valence-corrected chi connectivity index (χ2v) is 13.6. The fraction of sp³-hybridized carbons (Fsp3) is 0.571. The van der Waals surface area contributed by atoms with E-state index in [-0.39, 0.29) is 11.7 Å². The van der Waals surface area contributed by atoms with Crippen LogP contribution in [-0.2, 0) is 10.0 Å². The number of hydrogen-bond acceptors (Lipinski definition) is 2. The zero-order chi connectivity index (χ0) is 15.0. The summed E-state index contributed by atoms with van der Waals surface area (Å²) in [5.74, 6) is 0.397. The first-order chi connectivity index (χ1) is 9.16. The Morgan fingerprint density at radius 3 is 2.30 bits per heavy atom. The lowest BCUT2D eigenvalue weighted by atomic mass is 9.87. The van der Waals surface area contributed by atoms with Crippen molar-refractivity contribution in [3.63, 3.8) is 0 Å². The number of hydrogen-bond donors (Lipinski definition) is 1. The third kappa shape index (κ3) is 4.13. The van der Waals surface area contributed by atoms with Crippen molar-refractivity contribution >= 4 is 18.1 Å². The molecule has 1 heterocycles. The maximum absolute atomic E-state index is 13.0. The van der Waals surface area contributed by atoms with Crippen LogP contribution >= 0.6 is 0 Å². The molecule has 1 aromatic carbocycles. The van der Waals surface area contributed by atoms with Gasteiger partial charge in [-0.2, -0.15) is 0 Å². The van der Waals surface area contributed by atoms with E-state index in [1.54, 1.807) is 12.1 Å². The SMILES string of the molecule is C[Si]1(C)CC([C@H](CNS(C)(=O)=O)c2ccc(F)cc2)C1. The van der Waals surface area contributed by atoms with E-state index in [0.29, 0.717) is 12.5 Å². The highest BCUT2D eigenvalue weighted by Crippen LogP contribution is 2.46. The van der Waals surface area contributed by atoms with E-state index in [4.69, 9.17) is 0 Å². The number of sulfonamides is 1. The van der Waals surface area contributed by atoms with E-state index < -0.39 is 18.1 Å². The van der Waals surface area contributed by atoms with E-state index in [0.717, 1.165) is 5.56 Å². The van der Waals surface area contributed by atoms with E-state index >= 15 is 0 Å². The molecule has 0 radical (unpaired) electrons. The van der Waals surface area contributed by atoms with Gasteiger partial charge in [0.2, 0.25) is 10.0 Å². The lowest BCUT2D eigenvalue weighted by Gasteiger charge is -2.45. The molecule has 1 atom stereocenters. The second-order valence-electron chi connectivity index (χ2n) is 6.61. The highest BCUT2D eigenvalue weighted by molar-refractivity contribution is 7.88. The Morgan fingerprint density at radius 1 is 1.30 bits per heavy atom. The van der Waals surface area contributed by atoms with Crippen molar-refractivity contribution in [1.82, 2.24) is 4.72 Å². The molecule has 0 amide bonds. The van der Waals surface area contributed by atoms with E-state index in [1.807, 2.05) is 0 Å². The molecular weight excluding hydrogens is 293 g/mol. The molecule has 1 aliphatic heterocycles. The van der Waals surface area contributed by atoms with Crippen molar-refractivity contribution < 1.29 is 12.8 Å². The van der Waals surface area contributed by atoms with Crippen LogP contribution in [0.3, 0.4) is 0 Å². The van der Waals surface area contributed by atoms with Gasteiger partial charge in [-0.25, -0.2) is 17.5 Å². The van der Waals surface area contributed by atoms with Gasteiger partial charge in [-0.3, -0.25) is 0 Å². The molecule has 0 saturated carbocycles. The molecule has 20 heavy (non-hydrogen) atoms. The Bertz CT molecular complexity index is 563.